The number of epoxide rings is 4. The molecule has 4 aliphatic rings. The molecule has 0 radical (unpaired) electrons. The summed E-state index contributed by atoms with van der Waals surface area (Å²) >= 11 is 0. The summed E-state index contributed by atoms with van der Waals surface area (Å²) in [6, 6.07) is 2.08. The Kier molecular flexibility index (Phi) is 3.70. The second-order valence-corrected chi connectivity index (χ2v) is 7.32. The summed E-state index contributed by atoms with van der Waals surface area (Å²) < 4.78 is 21.9. The Morgan fingerprint density at radius 3 is 1.71 bits per heavy atom. The highest BCUT2D eigenvalue weighted by atomic mass is 16.6. The lowest BCUT2D eigenvalue weighted by molar-refractivity contribution is 0.112. The van der Waals surface area contributed by atoms with Gasteiger partial charge in [0.05, 0.1) is 50.8 Å². The van der Waals surface area contributed by atoms with Crippen LogP contribution in [-0.2, 0) is 44.6 Å². The van der Waals surface area contributed by atoms with E-state index in [-0.39, 0.29) is 6.10 Å². The van der Waals surface area contributed by atoms with E-state index in [0.717, 1.165) is 64.0 Å². The van der Waals surface area contributed by atoms with Crippen LogP contribution < -0.4 is 0 Å². The number of aldehydes is 1. The highest BCUT2D eigenvalue weighted by molar-refractivity contribution is 5.79. The Labute approximate surface area is 141 Å². The van der Waals surface area contributed by atoms with Crippen LogP contribution in [0.2, 0.25) is 0 Å². The van der Waals surface area contributed by atoms with Crippen molar-refractivity contribution in [1.29, 1.82) is 0 Å². The van der Waals surface area contributed by atoms with Crippen LogP contribution >= 0.6 is 0 Å². The standard InChI is InChI=1S/C19H22O5/c20-6-12-1-11(2-13-7-21-13)17(3-14-8-22-14)19(5-16-10-24-16)18(12)4-15-9-23-15/h1,6,13-16H,2-5,7-10H2. The topological polar surface area (TPSA) is 67.2 Å². The van der Waals surface area contributed by atoms with Gasteiger partial charge in [0.25, 0.3) is 0 Å². The number of rotatable bonds is 9. The molecule has 24 heavy (non-hydrogen) atoms. The Morgan fingerprint density at radius 1 is 0.750 bits per heavy atom. The van der Waals surface area contributed by atoms with Gasteiger partial charge >= 0.3 is 0 Å². The van der Waals surface area contributed by atoms with Gasteiger partial charge in [-0.15, -0.1) is 0 Å². The van der Waals surface area contributed by atoms with Crippen LogP contribution in [0.3, 0.4) is 0 Å². The molecule has 5 rings (SSSR count). The van der Waals surface area contributed by atoms with Gasteiger partial charge in [0.1, 0.15) is 6.29 Å². The summed E-state index contributed by atoms with van der Waals surface area (Å²) in [6.45, 7) is 3.30. The second-order valence-electron chi connectivity index (χ2n) is 7.32. The van der Waals surface area contributed by atoms with Crippen LogP contribution in [0.5, 0.6) is 0 Å². The number of hydrogen-bond donors (Lipinski definition) is 0. The van der Waals surface area contributed by atoms with E-state index in [0.29, 0.717) is 18.3 Å². The number of carbonyl (C=O) groups excluding carboxylic acids is 1. The van der Waals surface area contributed by atoms with E-state index in [1.54, 1.807) is 0 Å². The maximum absolute atomic E-state index is 11.8. The number of hydrogen-bond acceptors (Lipinski definition) is 5. The predicted molar refractivity (Wildman–Crippen MR) is 85.6 cm³/mol. The molecule has 4 saturated heterocycles. The third-order valence-corrected chi connectivity index (χ3v) is 5.27. The average molecular weight is 330 g/mol. The molecule has 0 amide bonds. The van der Waals surface area contributed by atoms with Crippen LogP contribution in [0.4, 0.5) is 0 Å². The van der Waals surface area contributed by atoms with Gasteiger partial charge in [-0.3, -0.25) is 4.79 Å². The maximum atomic E-state index is 11.8. The minimum Gasteiger partial charge on any atom is -0.373 e. The highest BCUT2D eigenvalue weighted by Gasteiger charge is 2.34. The molecule has 0 saturated carbocycles. The molecule has 0 aromatic heterocycles. The summed E-state index contributed by atoms with van der Waals surface area (Å²) in [5, 5.41) is 0. The molecule has 4 unspecified atom stereocenters. The van der Waals surface area contributed by atoms with Crippen molar-refractivity contribution in [2.75, 3.05) is 26.4 Å². The van der Waals surface area contributed by atoms with Crippen molar-refractivity contribution < 1.29 is 23.7 Å². The summed E-state index contributed by atoms with van der Waals surface area (Å²) in [5.74, 6) is 0. The smallest absolute Gasteiger partial charge is 0.150 e. The van der Waals surface area contributed by atoms with Crippen molar-refractivity contribution >= 4 is 6.29 Å². The first kappa shape index (κ1) is 15.0. The van der Waals surface area contributed by atoms with Crippen LogP contribution in [0.1, 0.15) is 32.6 Å². The lowest BCUT2D eigenvalue weighted by Crippen LogP contribution is -2.15. The van der Waals surface area contributed by atoms with Crippen LogP contribution in [-0.4, -0.2) is 57.1 Å². The molecule has 128 valence electrons. The molecule has 4 fully saturated rings. The first-order chi connectivity index (χ1) is 11.8. The molecular formula is C19H22O5. The van der Waals surface area contributed by atoms with Gasteiger partial charge in [0.15, 0.2) is 0 Å². The monoisotopic (exact) mass is 330 g/mol. The molecule has 5 nitrogen and oxygen atoms in total. The third kappa shape index (κ3) is 3.40. The van der Waals surface area contributed by atoms with Gasteiger partial charge in [-0.1, -0.05) is 0 Å². The molecule has 4 heterocycles. The van der Waals surface area contributed by atoms with Crippen molar-refractivity contribution in [2.24, 2.45) is 0 Å². The molecule has 0 N–H and O–H groups in total. The quantitative estimate of drug-likeness (QED) is 0.504. The first-order valence-electron chi connectivity index (χ1n) is 8.88. The zero-order valence-electron chi connectivity index (χ0n) is 13.7. The molecule has 0 spiro atoms. The van der Waals surface area contributed by atoms with E-state index in [1.165, 1.54) is 22.3 Å². The van der Waals surface area contributed by atoms with Gasteiger partial charge < -0.3 is 18.9 Å². The van der Waals surface area contributed by atoms with Crippen molar-refractivity contribution in [3.05, 3.63) is 33.9 Å². The summed E-state index contributed by atoms with van der Waals surface area (Å²) in [7, 11) is 0. The largest absolute Gasteiger partial charge is 0.373 e. The summed E-state index contributed by atoms with van der Waals surface area (Å²) in [6.07, 6.45) is 5.76. The molecule has 5 heteroatoms. The van der Waals surface area contributed by atoms with E-state index >= 15 is 0 Å². The molecular weight excluding hydrogens is 308 g/mol. The second kappa shape index (κ2) is 5.92. The van der Waals surface area contributed by atoms with E-state index in [4.69, 9.17) is 18.9 Å². The van der Waals surface area contributed by atoms with Gasteiger partial charge in [-0.05, 0) is 28.3 Å². The normalized spacial score (nSPS) is 32.5. The lowest BCUT2D eigenvalue weighted by Gasteiger charge is -2.20. The van der Waals surface area contributed by atoms with Gasteiger partial charge in [-0.25, -0.2) is 0 Å². The van der Waals surface area contributed by atoms with E-state index in [9.17, 15) is 4.79 Å². The molecule has 0 aliphatic carbocycles. The summed E-state index contributed by atoms with van der Waals surface area (Å²) in [4.78, 5) is 11.8. The summed E-state index contributed by atoms with van der Waals surface area (Å²) in [5.41, 5.74) is 5.91. The Hall–Kier alpha value is -1.27. The molecule has 4 atom stereocenters. The minimum atomic E-state index is 0.269. The lowest BCUT2D eigenvalue weighted by atomic mass is 9.84. The molecule has 1 aromatic carbocycles. The zero-order valence-corrected chi connectivity index (χ0v) is 13.7. The number of ether oxygens (including phenoxy) is 4. The fourth-order valence-corrected chi connectivity index (χ4v) is 3.61. The fourth-order valence-electron chi connectivity index (χ4n) is 3.61. The number of carbonyl (C=O) groups is 1. The zero-order chi connectivity index (χ0) is 16.1. The van der Waals surface area contributed by atoms with Crippen LogP contribution in [0.25, 0.3) is 0 Å². The average Bonchev–Trinajstić information content (AvgIpc) is 3.43. The van der Waals surface area contributed by atoms with Crippen molar-refractivity contribution in [2.45, 2.75) is 50.1 Å². The first-order valence-corrected chi connectivity index (χ1v) is 8.88. The molecule has 1 aromatic rings. The fraction of sp³-hybridized carbons (Fsp3) is 0.632. The number of benzene rings is 1. The van der Waals surface area contributed by atoms with Crippen molar-refractivity contribution in [1.82, 2.24) is 0 Å². The third-order valence-electron chi connectivity index (χ3n) is 5.27. The predicted octanol–water partition coefficient (Wildman–Crippen LogP) is 1.26. The van der Waals surface area contributed by atoms with E-state index in [1.807, 2.05) is 0 Å². The molecule has 4 aliphatic heterocycles. The van der Waals surface area contributed by atoms with Gasteiger partial charge in [0, 0.05) is 31.2 Å². The molecule has 0 bridgehead atoms. The highest BCUT2D eigenvalue weighted by Crippen LogP contribution is 2.34. The minimum absolute atomic E-state index is 0.269. The van der Waals surface area contributed by atoms with Crippen LogP contribution in [0, 0.1) is 0 Å². The van der Waals surface area contributed by atoms with Gasteiger partial charge in [-0.2, -0.15) is 0 Å². The van der Waals surface area contributed by atoms with Crippen molar-refractivity contribution in [3.63, 3.8) is 0 Å². The Balaban J connectivity index is 1.58. The SMILES string of the molecule is O=Cc1cc(CC2CO2)c(CC2CO2)c(CC2CO2)c1CC1CO1. The van der Waals surface area contributed by atoms with Gasteiger partial charge in [0.2, 0.25) is 0 Å². The van der Waals surface area contributed by atoms with Crippen LogP contribution in [0.15, 0.2) is 6.07 Å². The Morgan fingerprint density at radius 2 is 1.21 bits per heavy atom. The van der Waals surface area contributed by atoms with E-state index in [2.05, 4.69) is 6.07 Å². The maximum Gasteiger partial charge on any atom is 0.150 e. The van der Waals surface area contributed by atoms with Crippen molar-refractivity contribution in [3.8, 4) is 0 Å². The van der Waals surface area contributed by atoms with E-state index < -0.39 is 0 Å². The Bertz CT molecular complexity index is 654.